The van der Waals surface area contributed by atoms with Gasteiger partial charge in [0.15, 0.2) is 0 Å². The molecule has 0 bridgehead atoms. The molecule has 0 aliphatic heterocycles. The molecule has 4 nitrogen and oxygen atoms in total. The van der Waals surface area contributed by atoms with Crippen molar-refractivity contribution in [3.8, 4) is 0 Å². The Morgan fingerprint density at radius 2 is 2.14 bits per heavy atom. The zero-order chi connectivity index (χ0) is 11.0. The number of methoxy groups -OCH3 is 1. The first kappa shape index (κ1) is 14.2. The zero-order valence-corrected chi connectivity index (χ0v) is 10.2. The van der Waals surface area contributed by atoms with Crippen LogP contribution in [0.2, 0.25) is 0 Å². The summed E-state index contributed by atoms with van der Waals surface area (Å²) in [5.41, 5.74) is 0. The summed E-state index contributed by atoms with van der Waals surface area (Å²) in [5, 5.41) is 0. The number of rotatable bonds is 8. The second-order valence-corrected chi connectivity index (χ2v) is 5.55. The molecule has 0 saturated carbocycles. The predicted molar refractivity (Wildman–Crippen MR) is 58.2 cm³/mol. The third kappa shape index (κ3) is 7.55. The number of hydrogen-bond acceptors (Lipinski definition) is 3. The number of sulfonamides is 1. The van der Waals surface area contributed by atoms with Crippen molar-refractivity contribution in [2.75, 3.05) is 31.9 Å². The molecule has 0 amide bonds. The van der Waals surface area contributed by atoms with Crippen molar-refractivity contribution in [1.29, 1.82) is 0 Å². The van der Waals surface area contributed by atoms with E-state index >= 15 is 0 Å². The minimum absolute atomic E-state index is 0.0110. The molecule has 86 valence electrons. The van der Waals surface area contributed by atoms with Gasteiger partial charge in [-0.3, -0.25) is 0 Å². The van der Waals surface area contributed by atoms with Crippen LogP contribution in [-0.2, 0) is 14.8 Å². The van der Waals surface area contributed by atoms with Gasteiger partial charge in [-0.25, -0.2) is 13.1 Å². The second-order valence-electron chi connectivity index (χ2n) is 3.24. The van der Waals surface area contributed by atoms with Crippen molar-refractivity contribution in [3.05, 3.63) is 0 Å². The molecule has 6 heteroatoms. The maximum absolute atomic E-state index is 11.3. The van der Waals surface area contributed by atoms with Crippen LogP contribution in [0.5, 0.6) is 0 Å². The first-order chi connectivity index (χ1) is 6.52. The van der Waals surface area contributed by atoms with E-state index in [1.165, 1.54) is 7.11 Å². The highest BCUT2D eigenvalue weighted by Gasteiger charge is 2.11. The topological polar surface area (TPSA) is 55.4 Å². The molecule has 0 radical (unpaired) electrons. The van der Waals surface area contributed by atoms with Crippen LogP contribution in [0.15, 0.2) is 0 Å². The van der Waals surface area contributed by atoms with Crippen molar-refractivity contribution >= 4 is 21.6 Å². The van der Waals surface area contributed by atoms with E-state index in [1.54, 1.807) is 0 Å². The van der Waals surface area contributed by atoms with Crippen LogP contribution >= 0.6 is 11.6 Å². The van der Waals surface area contributed by atoms with E-state index in [9.17, 15) is 8.42 Å². The van der Waals surface area contributed by atoms with E-state index in [0.717, 1.165) is 6.42 Å². The van der Waals surface area contributed by atoms with Gasteiger partial charge in [-0.1, -0.05) is 6.92 Å². The highest BCUT2D eigenvalue weighted by Crippen LogP contribution is 2.01. The van der Waals surface area contributed by atoms with Crippen molar-refractivity contribution in [3.63, 3.8) is 0 Å². The molecular formula is C8H18ClNO3S. The normalized spacial score (nSPS) is 14.2. The number of halogens is 1. The highest BCUT2D eigenvalue weighted by molar-refractivity contribution is 7.89. The number of nitrogens with one attached hydrogen (secondary N) is 1. The van der Waals surface area contributed by atoms with Gasteiger partial charge in [-0.15, -0.1) is 11.6 Å². The molecule has 0 aromatic rings. The molecule has 0 rings (SSSR count). The summed E-state index contributed by atoms with van der Waals surface area (Å²) in [7, 11) is -1.70. The van der Waals surface area contributed by atoms with Crippen molar-refractivity contribution in [2.45, 2.75) is 13.3 Å². The maximum atomic E-state index is 11.3. The van der Waals surface area contributed by atoms with E-state index in [2.05, 4.69) is 4.72 Å². The average Bonchev–Trinajstić information content (AvgIpc) is 2.13. The van der Waals surface area contributed by atoms with Crippen LogP contribution in [0.25, 0.3) is 0 Å². The lowest BCUT2D eigenvalue weighted by Gasteiger charge is -2.11. The Morgan fingerprint density at radius 1 is 1.50 bits per heavy atom. The van der Waals surface area contributed by atoms with E-state index in [0.29, 0.717) is 12.4 Å². The quantitative estimate of drug-likeness (QED) is 0.642. The van der Waals surface area contributed by atoms with E-state index in [-0.39, 0.29) is 18.3 Å². The second kappa shape index (κ2) is 7.45. The molecule has 1 N–H and O–H groups in total. The fourth-order valence-electron chi connectivity index (χ4n) is 0.823. The van der Waals surface area contributed by atoms with Crippen molar-refractivity contribution in [1.82, 2.24) is 4.72 Å². The van der Waals surface area contributed by atoms with Gasteiger partial charge in [0.1, 0.15) is 0 Å². The molecule has 0 aliphatic carbocycles. The van der Waals surface area contributed by atoms with Gasteiger partial charge in [-0.05, 0) is 12.3 Å². The van der Waals surface area contributed by atoms with Gasteiger partial charge >= 0.3 is 0 Å². The maximum Gasteiger partial charge on any atom is 0.213 e. The first-order valence-electron chi connectivity index (χ1n) is 4.54. The van der Waals surface area contributed by atoms with Gasteiger partial charge < -0.3 is 4.74 Å². The minimum Gasteiger partial charge on any atom is -0.384 e. The van der Waals surface area contributed by atoms with Crippen LogP contribution in [0.4, 0.5) is 0 Å². The van der Waals surface area contributed by atoms with Crippen LogP contribution in [0.3, 0.4) is 0 Å². The predicted octanol–water partition coefficient (Wildman–Crippen LogP) is 0.817. The average molecular weight is 244 g/mol. The first-order valence-corrected chi connectivity index (χ1v) is 6.72. The zero-order valence-electron chi connectivity index (χ0n) is 8.62. The molecular weight excluding hydrogens is 226 g/mol. The molecule has 1 unspecified atom stereocenters. The Labute approximate surface area is 91.0 Å². The largest absolute Gasteiger partial charge is 0.384 e. The van der Waals surface area contributed by atoms with Crippen LogP contribution < -0.4 is 4.72 Å². The monoisotopic (exact) mass is 243 g/mol. The van der Waals surface area contributed by atoms with Crippen LogP contribution in [0.1, 0.15) is 13.3 Å². The molecule has 0 aromatic heterocycles. The Hall–Kier alpha value is 0.160. The minimum atomic E-state index is -3.18. The summed E-state index contributed by atoms with van der Waals surface area (Å²) in [6, 6.07) is 0. The van der Waals surface area contributed by atoms with Gasteiger partial charge in [0.25, 0.3) is 0 Å². The third-order valence-corrected chi connectivity index (χ3v) is 3.34. The van der Waals surface area contributed by atoms with Gasteiger partial charge in [0.05, 0.1) is 12.4 Å². The van der Waals surface area contributed by atoms with E-state index in [1.807, 2.05) is 6.92 Å². The highest BCUT2D eigenvalue weighted by atomic mass is 35.5. The number of alkyl halides is 1. The van der Waals surface area contributed by atoms with E-state index in [4.69, 9.17) is 16.3 Å². The third-order valence-electron chi connectivity index (χ3n) is 1.81. The smallest absolute Gasteiger partial charge is 0.213 e. The van der Waals surface area contributed by atoms with E-state index < -0.39 is 10.0 Å². The SMILES string of the molecule is COCCS(=O)(=O)NCC(C)CCCl. The lowest BCUT2D eigenvalue weighted by Crippen LogP contribution is -2.31. The summed E-state index contributed by atoms with van der Waals surface area (Å²) in [6.07, 6.45) is 0.814. The lowest BCUT2D eigenvalue weighted by molar-refractivity contribution is 0.217. The van der Waals surface area contributed by atoms with Gasteiger partial charge in [0.2, 0.25) is 10.0 Å². The fraction of sp³-hybridized carbons (Fsp3) is 1.00. The summed E-state index contributed by atoms with van der Waals surface area (Å²) in [4.78, 5) is 0. The summed E-state index contributed by atoms with van der Waals surface area (Å²) < 4.78 is 29.8. The van der Waals surface area contributed by atoms with Gasteiger partial charge in [0, 0.05) is 19.5 Å². The number of ether oxygens (including phenoxy) is 1. The molecule has 0 saturated heterocycles. The van der Waals surface area contributed by atoms with Crippen molar-refractivity contribution in [2.24, 2.45) is 5.92 Å². The molecule has 0 aliphatic rings. The Balaban J connectivity index is 3.75. The number of hydrogen-bond donors (Lipinski definition) is 1. The Kier molecular flexibility index (Phi) is 7.54. The summed E-state index contributed by atoms with van der Waals surface area (Å²) >= 11 is 5.53. The van der Waals surface area contributed by atoms with Gasteiger partial charge in [-0.2, -0.15) is 0 Å². The Bertz CT molecular complexity index is 231. The molecule has 14 heavy (non-hydrogen) atoms. The Morgan fingerprint density at radius 3 is 2.64 bits per heavy atom. The fourth-order valence-corrected chi connectivity index (χ4v) is 2.26. The van der Waals surface area contributed by atoms with Crippen LogP contribution in [-0.4, -0.2) is 40.3 Å². The molecule has 0 aromatic carbocycles. The molecule has 1 atom stereocenters. The van der Waals surface area contributed by atoms with Crippen LogP contribution in [0, 0.1) is 5.92 Å². The summed E-state index contributed by atoms with van der Waals surface area (Å²) in [6.45, 7) is 2.62. The molecule has 0 spiro atoms. The molecule has 0 heterocycles. The standard InChI is InChI=1S/C8H18ClNO3S/c1-8(3-4-9)7-10-14(11,12)6-5-13-2/h8,10H,3-7H2,1-2H3. The molecule has 0 fully saturated rings. The summed E-state index contributed by atoms with van der Waals surface area (Å²) in [5.74, 6) is 0.836. The lowest BCUT2D eigenvalue weighted by atomic mass is 10.1. The van der Waals surface area contributed by atoms with Crippen molar-refractivity contribution < 1.29 is 13.2 Å².